The van der Waals surface area contributed by atoms with Crippen molar-refractivity contribution in [2.45, 2.75) is 58.5 Å². The van der Waals surface area contributed by atoms with E-state index in [9.17, 15) is 0 Å². The van der Waals surface area contributed by atoms with Crippen molar-refractivity contribution in [3.63, 3.8) is 0 Å². The molecule has 90 valence electrons. The van der Waals surface area contributed by atoms with Crippen LogP contribution in [0, 0.1) is 12.8 Å². The number of hydrogen-bond acceptors (Lipinski definition) is 3. The molecule has 2 rings (SSSR count). The molecule has 0 spiro atoms. The van der Waals surface area contributed by atoms with Gasteiger partial charge in [0, 0.05) is 23.7 Å². The van der Waals surface area contributed by atoms with Crippen LogP contribution in [0.2, 0.25) is 0 Å². The Balaban J connectivity index is 1.77. The number of nitrogens with zero attached hydrogens (tertiary/aromatic N) is 1. The van der Waals surface area contributed by atoms with Crippen LogP contribution in [0.15, 0.2) is 6.20 Å². The summed E-state index contributed by atoms with van der Waals surface area (Å²) in [6, 6.07) is 0.725. The Bertz CT molecular complexity index is 321. The molecule has 0 saturated heterocycles. The van der Waals surface area contributed by atoms with Gasteiger partial charge in [0.1, 0.15) is 5.01 Å². The maximum Gasteiger partial charge on any atom is 0.107 e. The van der Waals surface area contributed by atoms with Gasteiger partial charge in [-0.2, -0.15) is 0 Å². The maximum absolute atomic E-state index is 4.40. The van der Waals surface area contributed by atoms with Crippen molar-refractivity contribution in [3.05, 3.63) is 16.1 Å². The number of hydrogen-bond donors (Lipinski definition) is 1. The van der Waals surface area contributed by atoms with Crippen LogP contribution in [-0.4, -0.2) is 11.0 Å². The molecule has 1 aliphatic carbocycles. The standard InChI is InChI=1S/C13H22N2S/c1-3-11-5-4-6-12(7-11)14-9-13-15-8-10(2)16-13/h8,11-12,14H,3-7,9H2,1-2H3. The number of rotatable bonds is 4. The van der Waals surface area contributed by atoms with E-state index in [-0.39, 0.29) is 0 Å². The van der Waals surface area contributed by atoms with Crippen LogP contribution >= 0.6 is 11.3 Å². The second kappa shape index (κ2) is 5.78. The van der Waals surface area contributed by atoms with Gasteiger partial charge in [-0.15, -0.1) is 11.3 Å². The first-order chi connectivity index (χ1) is 7.78. The molecule has 1 aromatic heterocycles. The number of thiazole rings is 1. The largest absolute Gasteiger partial charge is 0.308 e. The van der Waals surface area contributed by atoms with E-state index in [2.05, 4.69) is 24.1 Å². The monoisotopic (exact) mass is 238 g/mol. The van der Waals surface area contributed by atoms with Crippen LogP contribution in [0.5, 0.6) is 0 Å². The second-order valence-electron chi connectivity index (χ2n) is 4.88. The molecule has 3 heteroatoms. The Kier molecular flexibility index (Phi) is 4.36. The molecular formula is C13H22N2S. The molecule has 2 unspecified atom stereocenters. The van der Waals surface area contributed by atoms with Gasteiger partial charge in [0.25, 0.3) is 0 Å². The van der Waals surface area contributed by atoms with Gasteiger partial charge in [0.05, 0.1) is 0 Å². The fourth-order valence-corrected chi connectivity index (χ4v) is 3.30. The Morgan fingerprint density at radius 3 is 3.06 bits per heavy atom. The van der Waals surface area contributed by atoms with Crippen LogP contribution in [0.4, 0.5) is 0 Å². The van der Waals surface area contributed by atoms with E-state index < -0.39 is 0 Å². The van der Waals surface area contributed by atoms with Crippen LogP contribution < -0.4 is 5.32 Å². The van der Waals surface area contributed by atoms with Gasteiger partial charge in [-0.25, -0.2) is 4.98 Å². The first-order valence-electron chi connectivity index (χ1n) is 6.42. The summed E-state index contributed by atoms with van der Waals surface area (Å²) < 4.78 is 0. The molecule has 2 nitrogen and oxygen atoms in total. The van der Waals surface area contributed by atoms with Crippen molar-refractivity contribution in [1.82, 2.24) is 10.3 Å². The molecule has 0 aromatic carbocycles. The first-order valence-corrected chi connectivity index (χ1v) is 7.24. The van der Waals surface area contributed by atoms with Crippen LogP contribution in [-0.2, 0) is 6.54 Å². The minimum atomic E-state index is 0.725. The number of aryl methyl sites for hydroxylation is 1. The van der Waals surface area contributed by atoms with E-state index in [4.69, 9.17) is 0 Å². The smallest absolute Gasteiger partial charge is 0.107 e. The summed E-state index contributed by atoms with van der Waals surface area (Å²) >= 11 is 1.81. The zero-order valence-corrected chi connectivity index (χ0v) is 11.1. The molecule has 1 saturated carbocycles. The molecule has 0 amide bonds. The average Bonchev–Trinajstić information content (AvgIpc) is 2.73. The van der Waals surface area contributed by atoms with E-state index in [0.29, 0.717) is 0 Å². The summed E-state index contributed by atoms with van der Waals surface area (Å²) in [6.07, 6.45) is 8.85. The predicted octanol–water partition coefficient (Wildman–Crippen LogP) is 3.51. The highest BCUT2D eigenvalue weighted by molar-refractivity contribution is 7.11. The lowest BCUT2D eigenvalue weighted by Crippen LogP contribution is -2.33. The molecular weight excluding hydrogens is 216 g/mol. The van der Waals surface area contributed by atoms with Crippen molar-refractivity contribution in [2.24, 2.45) is 5.92 Å². The second-order valence-corrected chi connectivity index (χ2v) is 6.20. The van der Waals surface area contributed by atoms with E-state index in [1.54, 1.807) is 0 Å². The highest BCUT2D eigenvalue weighted by Gasteiger charge is 2.20. The summed E-state index contributed by atoms with van der Waals surface area (Å²) in [4.78, 5) is 5.71. The minimum Gasteiger partial charge on any atom is -0.308 e. The molecule has 2 atom stereocenters. The lowest BCUT2D eigenvalue weighted by atomic mass is 9.84. The predicted molar refractivity (Wildman–Crippen MR) is 69.7 cm³/mol. The molecule has 1 fully saturated rings. The van der Waals surface area contributed by atoms with Gasteiger partial charge in [-0.05, 0) is 25.7 Å². The highest BCUT2D eigenvalue weighted by atomic mass is 32.1. The lowest BCUT2D eigenvalue weighted by molar-refractivity contribution is 0.278. The van der Waals surface area contributed by atoms with E-state index in [1.165, 1.54) is 42.0 Å². The first kappa shape index (κ1) is 12.1. The van der Waals surface area contributed by atoms with E-state index in [0.717, 1.165) is 18.5 Å². The number of aromatic nitrogens is 1. The highest BCUT2D eigenvalue weighted by Crippen LogP contribution is 2.26. The molecule has 0 aliphatic heterocycles. The third-order valence-corrected chi connectivity index (χ3v) is 4.48. The fraction of sp³-hybridized carbons (Fsp3) is 0.769. The van der Waals surface area contributed by atoms with Crippen LogP contribution in [0.3, 0.4) is 0 Å². The molecule has 1 aliphatic rings. The lowest BCUT2D eigenvalue weighted by Gasteiger charge is -2.28. The Morgan fingerprint density at radius 1 is 1.50 bits per heavy atom. The summed E-state index contributed by atoms with van der Waals surface area (Å²) in [5, 5.41) is 4.90. The van der Waals surface area contributed by atoms with Crippen molar-refractivity contribution in [1.29, 1.82) is 0 Å². The SMILES string of the molecule is CCC1CCCC(NCc2ncc(C)s2)C1. The molecule has 0 radical (unpaired) electrons. The molecule has 16 heavy (non-hydrogen) atoms. The summed E-state index contributed by atoms with van der Waals surface area (Å²) in [6.45, 7) is 5.39. The van der Waals surface area contributed by atoms with Crippen molar-refractivity contribution in [2.75, 3.05) is 0 Å². The topological polar surface area (TPSA) is 24.9 Å². The Labute approximate surface area is 102 Å². The van der Waals surface area contributed by atoms with Gasteiger partial charge >= 0.3 is 0 Å². The van der Waals surface area contributed by atoms with E-state index in [1.807, 2.05) is 17.5 Å². The minimum absolute atomic E-state index is 0.725. The van der Waals surface area contributed by atoms with Crippen molar-refractivity contribution >= 4 is 11.3 Å². The zero-order chi connectivity index (χ0) is 11.4. The number of nitrogens with one attached hydrogen (secondary N) is 1. The van der Waals surface area contributed by atoms with Gasteiger partial charge in [0.15, 0.2) is 0 Å². The average molecular weight is 238 g/mol. The molecule has 1 N–H and O–H groups in total. The van der Waals surface area contributed by atoms with Gasteiger partial charge in [-0.1, -0.05) is 26.2 Å². The zero-order valence-electron chi connectivity index (χ0n) is 10.3. The van der Waals surface area contributed by atoms with Crippen LogP contribution in [0.25, 0.3) is 0 Å². The summed E-state index contributed by atoms with van der Waals surface area (Å²) in [7, 11) is 0. The molecule has 1 aromatic rings. The third-order valence-electron chi connectivity index (χ3n) is 3.57. The van der Waals surface area contributed by atoms with Crippen LogP contribution in [0.1, 0.15) is 48.9 Å². The fourth-order valence-electron chi connectivity index (χ4n) is 2.56. The normalized spacial score (nSPS) is 25.9. The van der Waals surface area contributed by atoms with Crippen molar-refractivity contribution < 1.29 is 0 Å². The Morgan fingerprint density at radius 2 is 2.38 bits per heavy atom. The van der Waals surface area contributed by atoms with Gasteiger partial charge in [-0.3, -0.25) is 0 Å². The summed E-state index contributed by atoms with van der Waals surface area (Å²) in [5.74, 6) is 0.948. The van der Waals surface area contributed by atoms with E-state index >= 15 is 0 Å². The summed E-state index contributed by atoms with van der Waals surface area (Å²) in [5.41, 5.74) is 0. The van der Waals surface area contributed by atoms with Gasteiger partial charge < -0.3 is 5.32 Å². The Hall–Kier alpha value is -0.410. The molecule has 1 heterocycles. The van der Waals surface area contributed by atoms with Gasteiger partial charge in [0.2, 0.25) is 0 Å². The molecule has 0 bridgehead atoms. The quantitative estimate of drug-likeness (QED) is 0.868. The third kappa shape index (κ3) is 3.29. The maximum atomic E-state index is 4.40. The van der Waals surface area contributed by atoms with Crippen molar-refractivity contribution in [3.8, 4) is 0 Å².